The summed E-state index contributed by atoms with van der Waals surface area (Å²) in [7, 11) is 2.23. The van der Waals surface area contributed by atoms with Gasteiger partial charge in [0.05, 0.1) is 18.6 Å². The van der Waals surface area contributed by atoms with Crippen molar-refractivity contribution < 1.29 is 0 Å². The van der Waals surface area contributed by atoms with Crippen LogP contribution in [0.2, 0.25) is 0 Å². The minimum Gasteiger partial charge on any atom is -0.371 e. The van der Waals surface area contributed by atoms with E-state index in [1.165, 1.54) is 57.0 Å². The number of rotatable bonds is 4. The van der Waals surface area contributed by atoms with Crippen LogP contribution in [0.3, 0.4) is 0 Å². The molecule has 0 unspecified atom stereocenters. The Bertz CT molecular complexity index is 1070. The van der Waals surface area contributed by atoms with Gasteiger partial charge in [0.2, 0.25) is 0 Å². The number of nitrogens with zero attached hydrogens (tertiary/aromatic N) is 7. The Hall–Kier alpha value is -3.44. The number of aromatic nitrogens is 4. The highest BCUT2D eigenvalue weighted by molar-refractivity contribution is 5.54. The molecule has 2 fully saturated rings. The van der Waals surface area contributed by atoms with Gasteiger partial charge in [-0.15, -0.1) is 0 Å². The van der Waals surface area contributed by atoms with Crippen LogP contribution in [0.25, 0.3) is 5.69 Å². The van der Waals surface area contributed by atoms with Gasteiger partial charge in [-0.3, -0.25) is 0 Å². The maximum absolute atomic E-state index is 8.82. The first kappa shape index (κ1) is 19.5. The van der Waals surface area contributed by atoms with Crippen LogP contribution in [0.1, 0.15) is 25.0 Å². The first-order valence-corrected chi connectivity index (χ1v) is 10.7. The van der Waals surface area contributed by atoms with E-state index in [9.17, 15) is 0 Å². The van der Waals surface area contributed by atoms with Crippen molar-refractivity contribution in [1.29, 1.82) is 5.26 Å². The lowest BCUT2D eigenvalue weighted by Gasteiger charge is -2.37. The summed E-state index contributed by atoms with van der Waals surface area (Å²) in [5.41, 5.74) is 3.15. The van der Waals surface area contributed by atoms with E-state index in [-0.39, 0.29) is 5.69 Å². The number of hydrogen-bond donors (Lipinski definition) is 1. The van der Waals surface area contributed by atoms with Crippen molar-refractivity contribution in [2.75, 3.05) is 43.4 Å². The first-order chi connectivity index (χ1) is 15.1. The van der Waals surface area contributed by atoms with Gasteiger partial charge in [-0.2, -0.15) is 5.26 Å². The Morgan fingerprint density at radius 1 is 0.935 bits per heavy atom. The fourth-order valence-corrected chi connectivity index (χ4v) is 4.60. The molecule has 1 N–H and O–H groups in total. The topological polar surface area (TPSA) is 85.9 Å². The lowest BCUT2D eigenvalue weighted by Crippen LogP contribution is -2.39. The lowest BCUT2D eigenvalue weighted by molar-refractivity contribution is 0.142. The van der Waals surface area contributed by atoms with E-state index < -0.39 is 0 Å². The van der Waals surface area contributed by atoms with Crippen LogP contribution in [0.15, 0.2) is 49.2 Å². The molecular formula is C23H26N8. The minimum absolute atomic E-state index is 0.288. The Labute approximate surface area is 182 Å². The van der Waals surface area contributed by atoms with Gasteiger partial charge in [0.1, 0.15) is 24.0 Å². The van der Waals surface area contributed by atoms with E-state index in [4.69, 9.17) is 5.26 Å². The summed E-state index contributed by atoms with van der Waals surface area (Å²) in [5.74, 6) is 1.23. The number of imidazole rings is 1. The third-order valence-corrected chi connectivity index (χ3v) is 6.60. The number of nitrogens with one attached hydrogen (secondary N) is 1. The molecule has 0 saturated carbocycles. The summed E-state index contributed by atoms with van der Waals surface area (Å²) in [6, 6.07) is 10.7. The third kappa shape index (κ3) is 4.09. The SMILES string of the molecule is CN1CCC2(CC1)CCN(c1ccc(-n3cnc(Nc4cnc(C#N)cn4)c3)cc1)C2. The van der Waals surface area contributed by atoms with E-state index in [0.717, 1.165) is 12.2 Å². The number of likely N-dealkylation sites (tertiary alicyclic amines) is 1. The van der Waals surface area contributed by atoms with Crippen molar-refractivity contribution in [3.63, 3.8) is 0 Å². The molecule has 158 valence electrons. The second kappa shape index (κ2) is 8.00. The second-order valence-electron chi connectivity index (χ2n) is 8.68. The van der Waals surface area contributed by atoms with Crippen molar-refractivity contribution in [1.82, 2.24) is 24.4 Å². The lowest BCUT2D eigenvalue weighted by atomic mass is 9.78. The Morgan fingerprint density at radius 3 is 2.39 bits per heavy atom. The van der Waals surface area contributed by atoms with Gasteiger partial charge in [-0.25, -0.2) is 15.0 Å². The van der Waals surface area contributed by atoms with Gasteiger partial charge in [0, 0.05) is 24.5 Å². The van der Waals surface area contributed by atoms with Gasteiger partial charge < -0.3 is 19.7 Å². The van der Waals surface area contributed by atoms with Crippen LogP contribution >= 0.6 is 0 Å². The summed E-state index contributed by atoms with van der Waals surface area (Å²) in [4.78, 5) is 17.6. The predicted molar refractivity (Wildman–Crippen MR) is 120 cm³/mol. The number of nitriles is 1. The van der Waals surface area contributed by atoms with Crippen molar-refractivity contribution in [2.24, 2.45) is 5.41 Å². The van der Waals surface area contributed by atoms with Crippen molar-refractivity contribution in [3.05, 3.63) is 54.9 Å². The Morgan fingerprint density at radius 2 is 1.68 bits per heavy atom. The van der Waals surface area contributed by atoms with Crippen molar-refractivity contribution in [3.8, 4) is 11.8 Å². The summed E-state index contributed by atoms with van der Waals surface area (Å²) in [5, 5.41) is 11.9. The average molecular weight is 415 g/mol. The normalized spacial score (nSPS) is 18.3. The van der Waals surface area contributed by atoms with E-state index in [0.29, 0.717) is 17.1 Å². The van der Waals surface area contributed by atoms with Crippen LogP contribution in [0.5, 0.6) is 0 Å². The molecule has 2 saturated heterocycles. The molecule has 4 heterocycles. The van der Waals surface area contributed by atoms with E-state index in [1.54, 1.807) is 6.33 Å². The van der Waals surface area contributed by atoms with Crippen LogP contribution in [-0.2, 0) is 0 Å². The number of hydrogen-bond acceptors (Lipinski definition) is 7. The number of benzene rings is 1. The monoisotopic (exact) mass is 414 g/mol. The van der Waals surface area contributed by atoms with Gasteiger partial charge >= 0.3 is 0 Å². The van der Waals surface area contributed by atoms with Crippen LogP contribution in [0.4, 0.5) is 17.3 Å². The van der Waals surface area contributed by atoms with Crippen molar-refractivity contribution in [2.45, 2.75) is 19.3 Å². The molecule has 8 heteroatoms. The zero-order valence-corrected chi connectivity index (χ0v) is 17.7. The molecule has 8 nitrogen and oxygen atoms in total. The molecule has 2 aliphatic rings. The zero-order chi connectivity index (χ0) is 21.3. The molecule has 31 heavy (non-hydrogen) atoms. The minimum atomic E-state index is 0.288. The standard InChI is InChI=1S/C23H26N8/c1-29-9-6-23(7-10-29)8-11-30(16-23)19-2-4-20(5-3-19)31-15-22(27-17-31)28-21-14-25-18(12-24)13-26-21/h2-5,13-15,17H,6-11,16H2,1H3,(H,26,28). The average Bonchev–Trinajstić information content (AvgIpc) is 3.44. The summed E-state index contributed by atoms with van der Waals surface area (Å²) in [6.07, 6.45) is 10.6. The largest absolute Gasteiger partial charge is 0.371 e. The van der Waals surface area contributed by atoms with Gasteiger partial charge in [-0.1, -0.05) is 0 Å². The fourth-order valence-electron chi connectivity index (χ4n) is 4.60. The van der Waals surface area contributed by atoms with E-state index in [2.05, 4.69) is 61.4 Å². The van der Waals surface area contributed by atoms with E-state index >= 15 is 0 Å². The van der Waals surface area contributed by atoms with Gasteiger partial charge in [-0.05, 0) is 69.1 Å². The molecule has 2 aromatic heterocycles. The summed E-state index contributed by atoms with van der Waals surface area (Å²) in [6.45, 7) is 4.76. The molecule has 0 amide bonds. The third-order valence-electron chi connectivity index (χ3n) is 6.60. The Balaban J connectivity index is 1.24. The Kier molecular flexibility index (Phi) is 5.04. The fraction of sp³-hybridized carbons (Fsp3) is 0.391. The molecule has 5 rings (SSSR count). The highest BCUT2D eigenvalue weighted by Gasteiger charge is 2.39. The first-order valence-electron chi connectivity index (χ1n) is 10.7. The van der Waals surface area contributed by atoms with Crippen molar-refractivity contribution >= 4 is 17.3 Å². The molecule has 0 bridgehead atoms. The zero-order valence-electron chi connectivity index (χ0n) is 17.7. The molecule has 0 radical (unpaired) electrons. The summed E-state index contributed by atoms with van der Waals surface area (Å²) < 4.78 is 1.98. The highest BCUT2D eigenvalue weighted by atomic mass is 15.2. The molecular weight excluding hydrogens is 388 g/mol. The van der Waals surface area contributed by atoms with E-state index in [1.807, 2.05) is 16.8 Å². The van der Waals surface area contributed by atoms with Gasteiger partial charge in [0.25, 0.3) is 0 Å². The molecule has 3 aromatic rings. The summed E-state index contributed by atoms with van der Waals surface area (Å²) >= 11 is 0. The maximum atomic E-state index is 8.82. The highest BCUT2D eigenvalue weighted by Crippen LogP contribution is 2.41. The number of piperidine rings is 1. The number of anilines is 3. The molecule has 1 spiro atoms. The predicted octanol–water partition coefficient (Wildman–Crippen LogP) is 3.20. The quantitative estimate of drug-likeness (QED) is 0.702. The second-order valence-corrected chi connectivity index (χ2v) is 8.68. The smallest absolute Gasteiger partial charge is 0.158 e. The van der Waals surface area contributed by atoms with Gasteiger partial charge in [0.15, 0.2) is 5.69 Å². The molecule has 1 aromatic carbocycles. The molecule has 2 aliphatic heterocycles. The maximum Gasteiger partial charge on any atom is 0.158 e. The molecule has 0 aliphatic carbocycles. The van der Waals surface area contributed by atoms with Crippen LogP contribution in [-0.4, -0.2) is 57.6 Å². The van der Waals surface area contributed by atoms with Crippen LogP contribution in [0, 0.1) is 16.7 Å². The van der Waals surface area contributed by atoms with Crippen LogP contribution < -0.4 is 10.2 Å². The molecule has 0 atom stereocenters.